The van der Waals surface area contributed by atoms with Gasteiger partial charge in [-0.2, -0.15) is 5.10 Å². The van der Waals surface area contributed by atoms with Gasteiger partial charge in [-0.25, -0.2) is 4.39 Å². The smallest absolute Gasteiger partial charge is 0.270 e. The molecule has 0 spiro atoms. The molecule has 0 radical (unpaired) electrons. The molecule has 7 nitrogen and oxygen atoms in total. The van der Waals surface area contributed by atoms with Gasteiger partial charge in [-0.1, -0.05) is 0 Å². The molecule has 0 unspecified atom stereocenters. The highest BCUT2D eigenvalue weighted by Gasteiger charge is 2.22. The number of hydrogen-bond donors (Lipinski definition) is 1. The van der Waals surface area contributed by atoms with Gasteiger partial charge in [0.2, 0.25) is 0 Å². The third-order valence-corrected chi connectivity index (χ3v) is 3.00. The number of halogens is 1. The van der Waals surface area contributed by atoms with Crippen molar-refractivity contribution in [3.63, 3.8) is 0 Å². The van der Waals surface area contributed by atoms with Crippen molar-refractivity contribution < 1.29 is 14.1 Å². The molecule has 0 aliphatic carbocycles. The fourth-order valence-electron chi connectivity index (χ4n) is 1.93. The molecule has 110 valence electrons. The molecule has 1 aromatic carbocycles. The van der Waals surface area contributed by atoms with Crippen LogP contribution in [0.1, 0.15) is 21.5 Å². The zero-order valence-electron chi connectivity index (χ0n) is 11.5. The van der Waals surface area contributed by atoms with Gasteiger partial charge in [0.25, 0.3) is 11.6 Å². The van der Waals surface area contributed by atoms with Gasteiger partial charge >= 0.3 is 0 Å². The van der Waals surface area contributed by atoms with Crippen molar-refractivity contribution in [1.29, 1.82) is 0 Å². The first-order valence-corrected chi connectivity index (χ1v) is 6.07. The average molecular weight is 292 g/mol. The van der Waals surface area contributed by atoms with E-state index < -0.39 is 16.6 Å². The fourth-order valence-corrected chi connectivity index (χ4v) is 1.93. The number of nitrogens with zero attached hydrogens (tertiary/aromatic N) is 3. The molecule has 0 fully saturated rings. The van der Waals surface area contributed by atoms with Crippen molar-refractivity contribution in [2.45, 2.75) is 13.5 Å². The number of carbonyl (C=O) groups is 1. The van der Waals surface area contributed by atoms with Crippen molar-refractivity contribution in [3.05, 3.63) is 57.1 Å². The summed E-state index contributed by atoms with van der Waals surface area (Å²) in [5.74, 6) is -1.37. The number of benzene rings is 1. The number of nitro groups is 1. The maximum Gasteiger partial charge on any atom is 0.270 e. The van der Waals surface area contributed by atoms with Crippen LogP contribution in [-0.2, 0) is 6.54 Å². The van der Waals surface area contributed by atoms with Gasteiger partial charge in [0, 0.05) is 37.5 Å². The molecule has 2 aromatic rings. The highest BCUT2D eigenvalue weighted by Crippen LogP contribution is 2.22. The number of rotatable bonds is 4. The Kier molecular flexibility index (Phi) is 3.97. The summed E-state index contributed by atoms with van der Waals surface area (Å²) >= 11 is 0. The highest BCUT2D eigenvalue weighted by atomic mass is 19.1. The first-order chi connectivity index (χ1) is 9.90. The maximum atomic E-state index is 14.0. The predicted molar refractivity (Wildman–Crippen MR) is 72.2 cm³/mol. The summed E-state index contributed by atoms with van der Waals surface area (Å²) in [6, 6.07) is 2.05. The van der Waals surface area contributed by atoms with Crippen LogP contribution in [0.3, 0.4) is 0 Å². The van der Waals surface area contributed by atoms with Gasteiger partial charge in [-0.3, -0.25) is 20.0 Å². The Morgan fingerprint density at radius 1 is 1.52 bits per heavy atom. The molecule has 1 heterocycles. The lowest BCUT2D eigenvalue weighted by atomic mass is 10.1. The Balaban J connectivity index is 2.31. The second kappa shape index (κ2) is 5.70. The number of aryl methyl sites for hydroxylation is 1. The predicted octanol–water partition coefficient (Wildman–Crippen LogP) is 2.04. The van der Waals surface area contributed by atoms with E-state index in [1.807, 2.05) is 0 Å². The summed E-state index contributed by atoms with van der Waals surface area (Å²) in [5.41, 5.74) is 0.180. The molecule has 0 atom stereocenters. The molecule has 1 aromatic heterocycles. The third-order valence-electron chi connectivity index (χ3n) is 3.00. The van der Waals surface area contributed by atoms with Crippen molar-refractivity contribution >= 4 is 11.6 Å². The Morgan fingerprint density at radius 2 is 2.24 bits per heavy atom. The molecule has 21 heavy (non-hydrogen) atoms. The topological polar surface area (TPSA) is 92.1 Å². The lowest BCUT2D eigenvalue weighted by Gasteiger charge is -2.17. The van der Waals surface area contributed by atoms with Crippen LogP contribution in [0.25, 0.3) is 0 Å². The first-order valence-electron chi connectivity index (χ1n) is 6.07. The SMILES string of the molecule is Cc1cc([N+](=O)[O-])cc(C(=O)N(C)Cc2cn[nH]c2)c1F. The zero-order valence-corrected chi connectivity index (χ0v) is 11.5. The van der Waals surface area contributed by atoms with E-state index >= 15 is 0 Å². The second-order valence-corrected chi connectivity index (χ2v) is 4.65. The Labute approximate surface area is 119 Å². The molecule has 8 heteroatoms. The number of aromatic amines is 1. The van der Waals surface area contributed by atoms with Crippen molar-refractivity contribution in [2.24, 2.45) is 0 Å². The first kappa shape index (κ1) is 14.6. The van der Waals surface area contributed by atoms with Crippen LogP contribution >= 0.6 is 0 Å². The molecule has 0 aliphatic rings. The van der Waals surface area contributed by atoms with Gasteiger partial charge < -0.3 is 4.90 Å². The van der Waals surface area contributed by atoms with Gasteiger partial charge in [-0.05, 0) is 12.5 Å². The van der Waals surface area contributed by atoms with E-state index in [2.05, 4.69) is 10.2 Å². The Morgan fingerprint density at radius 3 is 2.81 bits per heavy atom. The molecule has 1 N–H and O–H groups in total. The lowest BCUT2D eigenvalue weighted by molar-refractivity contribution is -0.385. The van der Waals surface area contributed by atoms with E-state index in [9.17, 15) is 19.3 Å². The van der Waals surface area contributed by atoms with Crippen LogP contribution in [0.4, 0.5) is 10.1 Å². The highest BCUT2D eigenvalue weighted by molar-refractivity contribution is 5.95. The number of carbonyl (C=O) groups excluding carboxylic acids is 1. The standard InChI is InChI=1S/C13H13FN4O3/c1-8-3-10(18(20)21)4-11(12(8)14)13(19)17(2)7-9-5-15-16-6-9/h3-6H,7H2,1-2H3,(H,15,16). The summed E-state index contributed by atoms with van der Waals surface area (Å²) < 4.78 is 14.0. The minimum Gasteiger partial charge on any atom is -0.337 e. The zero-order chi connectivity index (χ0) is 15.6. The van der Waals surface area contributed by atoms with E-state index in [1.54, 1.807) is 12.4 Å². The van der Waals surface area contributed by atoms with Crippen molar-refractivity contribution in [1.82, 2.24) is 15.1 Å². The average Bonchev–Trinajstić information content (AvgIpc) is 2.93. The number of nitro benzene ring substituents is 1. The third kappa shape index (κ3) is 3.04. The molecule has 2 rings (SSSR count). The van der Waals surface area contributed by atoms with Crippen LogP contribution in [-0.4, -0.2) is 33.0 Å². The van der Waals surface area contributed by atoms with Gasteiger partial charge in [0.15, 0.2) is 0 Å². The summed E-state index contributed by atoms with van der Waals surface area (Å²) in [5, 5.41) is 17.2. The molecule has 0 saturated heterocycles. The summed E-state index contributed by atoms with van der Waals surface area (Å²) in [6.07, 6.45) is 3.15. The number of aromatic nitrogens is 2. The summed E-state index contributed by atoms with van der Waals surface area (Å²) in [4.78, 5) is 23.7. The lowest BCUT2D eigenvalue weighted by Crippen LogP contribution is -2.27. The molecule has 1 amide bonds. The molecular formula is C13H13FN4O3. The summed E-state index contributed by atoms with van der Waals surface area (Å²) in [6.45, 7) is 1.60. The van der Waals surface area contributed by atoms with E-state index in [-0.39, 0.29) is 23.4 Å². The molecule has 0 aliphatic heterocycles. The second-order valence-electron chi connectivity index (χ2n) is 4.65. The number of hydrogen-bond acceptors (Lipinski definition) is 4. The van der Waals surface area contributed by atoms with Gasteiger partial charge in [0.1, 0.15) is 5.82 Å². The number of nitrogens with one attached hydrogen (secondary N) is 1. The van der Waals surface area contributed by atoms with Crippen LogP contribution in [0, 0.1) is 22.9 Å². The van der Waals surface area contributed by atoms with E-state index in [4.69, 9.17) is 0 Å². The Hall–Kier alpha value is -2.77. The van der Waals surface area contributed by atoms with Crippen LogP contribution < -0.4 is 0 Å². The molecular weight excluding hydrogens is 279 g/mol. The maximum absolute atomic E-state index is 14.0. The number of non-ortho nitro benzene ring substituents is 1. The van der Waals surface area contributed by atoms with Crippen LogP contribution in [0.2, 0.25) is 0 Å². The van der Waals surface area contributed by atoms with Crippen molar-refractivity contribution in [3.8, 4) is 0 Å². The normalized spacial score (nSPS) is 10.4. The largest absolute Gasteiger partial charge is 0.337 e. The number of H-pyrrole nitrogens is 1. The fraction of sp³-hybridized carbons (Fsp3) is 0.231. The van der Waals surface area contributed by atoms with E-state index in [0.29, 0.717) is 0 Å². The molecule has 0 saturated carbocycles. The summed E-state index contributed by atoms with van der Waals surface area (Å²) in [7, 11) is 1.49. The van der Waals surface area contributed by atoms with Gasteiger partial charge in [0.05, 0.1) is 16.7 Å². The number of amides is 1. The van der Waals surface area contributed by atoms with Gasteiger partial charge in [-0.15, -0.1) is 0 Å². The Bertz CT molecular complexity index is 685. The van der Waals surface area contributed by atoms with E-state index in [1.165, 1.54) is 18.9 Å². The molecule has 0 bridgehead atoms. The van der Waals surface area contributed by atoms with E-state index in [0.717, 1.165) is 17.7 Å². The quantitative estimate of drug-likeness (QED) is 0.689. The minimum atomic E-state index is -0.746. The minimum absolute atomic E-state index is 0.0595. The van der Waals surface area contributed by atoms with Crippen LogP contribution in [0.15, 0.2) is 24.5 Å². The van der Waals surface area contributed by atoms with Crippen molar-refractivity contribution in [2.75, 3.05) is 7.05 Å². The monoisotopic (exact) mass is 292 g/mol. The van der Waals surface area contributed by atoms with Crippen LogP contribution in [0.5, 0.6) is 0 Å².